The van der Waals surface area contributed by atoms with Crippen molar-refractivity contribution in [3.05, 3.63) is 39.4 Å². The number of rotatable bonds is 1. The third-order valence-corrected chi connectivity index (χ3v) is 4.53. The van der Waals surface area contributed by atoms with Gasteiger partial charge in [-0.3, -0.25) is 14.4 Å². The van der Waals surface area contributed by atoms with Crippen LogP contribution in [0.2, 0.25) is 10.0 Å². The van der Waals surface area contributed by atoms with Crippen LogP contribution in [0.1, 0.15) is 17.0 Å². The molecule has 0 spiro atoms. The topological polar surface area (TPSA) is 64.2 Å². The van der Waals surface area contributed by atoms with E-state index < -0.39 is 5.92 Å². The number of nitrogens with two attached hydrogens (primary N) is 1. The van der Waals surface area contributed by atoms with Crippen molar-refractivity contribution >= 4 is 40.7 Å². The lowest BCUT2D eigenvalue weighted by Crippen LogP contribution is -2.37. The van der Waals surface area contributed by atoms with Crippen molar-refractivity contribution in [2.75, 3.05) is 17.7 Å². The Bertz CT molecular complexity index is 721. The van der Waals surface area contributed by atoms with E-state index in [1.807, 2.05) is 0 Å². The number of likely N-dealkylation sites (N-methyl/N-ethyl adjacent to an activating group) is 1. The van der Waals surface area contributed by atoms with Gasteiger partial charge in [0.1, 0.15) is 5.82 Å². The molecule has 1 aliphatic rings. The van der Waals surface area contributed by atoms with Gasteiger partial charge in [0.05, 0.1) is 5.92 Å². The third kappa shape index (κ3) is 2.08. The smallest absolute Gasteiger partial charge is 0.235 e. The van der Waals surface area contributed by atoms with Gasteiger partial charge in [-0.05, 0) is 18.6 Å². The number of hydrogen-bond donors (Lipinski definition) is 1. The minimum absolute atomic E-state index is 0.0874. The van der Waals surface area contributed by atoms with Crippen LogP contribution in [0.5, 0.6) is 0 Å². The van der Waals surface area contributed by atoms with Gasteiger partial charge in [-0.1, -0.05) is 29.3 Å². The number of hydrogen-bond acceptors (Lipinski definition) is 3. The lowest BCUT2D eigenvalue weighted by atomic mass is 9.88. The molecule has 0 saturated heterocycles. The molecule has 110 valence electrons. The first-order valence-corrected chi connectivity index (χ1v) is 7.20. The van der Waals surface area contributed by atoms with Crippen molar-refractivity contribution in [2.45, 2.75) is 12.3 Å². The minimum Gasteiger partial charge on any atom is -0.384 e. The predicted octanol–water partition coefficient (Wildman–Crippen LogP) is 2.61. The van der Waals surface area contributed by atoms with Gasteiger partial charge >= 0.3 is 0 Å². The summed E-state index contributed by atoms with van der Waals surface area (Å²) < 4.78 is 1.57. The molecule has 0 aliphatic carbocycles. The second kappa shape index (κ2) is 4.93. The second-order valence-electron chi connectivity index (χ2n) is 5.10. The van der Waals surface area contributed by atoms with Crippen molar-refractivity contribution in [3.63, 3.8) is 0 Å². The number of fused-ring (bicyclic) bond motifs is 1. The first-order valence-electron chi connectivity index (χ1n) is 6.44. The van der Waals surface area contributed by atoms with Crippen LogP contribution in [0.3, 0.4) is 0 Å². The molecule has 0 radical (unpaired) electrons. The molecule has 1 aromatic heterocycles. The van der Waals surface area contributed by atoms with Crippen LogP contribution in [0.4, 0.5) is 11.6 Å². The lowest BCUT2D eigenvalue weighted by molar-refractivity contribution is -0.120. The Hall–Kier alpha value is -1.72. The van der Waals surface area contributed by atoms with E-state index in [1.54, 1.807) is 37.0 Å². The number of anilines is 2. The number of aryl methyl sites for hydroxylation is 1. The molecule has 1 amide bonds. The molecule has 0 bridgehead atoms. The number of benzene rings is 1. The molecule has 7 heteroatoms. The fourth-order valence-corrected chi connectivity index (χ4v) is 3.39. The van der Waals surface area contributed by atoms with Crippen molar-refractivity contribution in [1.29, 1.82) is 0 Å². The van der Waals surface area contributed by atoms with Crippen LogP contribution in [-0.2, 0) is 18.3 Å². The lowest BCUT2D eigenvalue weighted by Gasteiger charge is -2.29. The van der Waals surface area contributed by atoms with E-state index in [1.165, 1.54) is 4.90 Å². The summed E-state index contributed by atoms with van der Waals surface area (Å²) in [5, 5.41) is 5.26. The third-order valence-electron chi connectivity index (χ3n) is 3.88. The van der Waals surface area contributed by atoms with Gasteiger partial charge in [-0.2, -0.15) is 5.10 Å². The zero-order valence-corrected chi connectivity index (χ0v) is 13.1. The summed E-state index contributed by atoms with van der Waals surface area (Å²) in [6.07, 6.45) is 0.446. The van der Waals surface area contributed by atoms with E-state index in [0.29, 0.717) is 33.7 Å². The molecule has 0 saturated carbocycles. The fraction of sp³-hybridized carbons (Fsp3) is 0.286. The van der Waals surface area contributed by atoms with E-state index in [9.17, 15) is 4.79 Å². The zero-order chi connectivity index (χ0) is 15.3. The molecule has 2 N–H and O–H groups in total. The molecule has 1 unspecified atom stereocenters. The first-order chi connectivity index (χ1) is 9.91. The average Bonchev–Trinajstić information content (AvgIpc) is 2.72. The zero-order valence-electron chi connectivity index (χ0n) is 11.6. The van der Waals surface area contributed by atoms with Crippen LogP contribution >= 0.6 is 23.2 Å². The molecule has 5 nitrogen and oxygen atoms in total. The van der Waals surface area contributed by atoms with E-state index in [0.717, 1.165) is 5.56 Å². The number of carbonyl (C=O) groups is 1. The fourth-order valence-electron chi connectivity index (χ4n) is 2.73. The summed E-state index contributed by atoms with van der Waals surface area (Å²) >= 11 is 12.5. The second-order valence-corrected chi connectivity index (χ2v) is 5.91. The van der Waals surface area contributed by atoms with E-state index in [2.05, 4.69) is 5.10 Å². The molecule has 3 rings (SSSR count). The van der Waals surface area contributed by atoms with Gasteiger partial charge in [-0.15, -0.1) is 0 Å². The van der Waals surface area contributed by atoms with Crippen molar-refractivity contribution in [3.8, 4) is 0 Å². The largest absolute Gasteiger partial charge is 0.384 e. The Labute approximate surface area is 132 Å². The monoisotopic (exact) mass is 324 g/mol. The Morgan fingerprint density at radius 3 is 2.52 bits per heavy atom. The molecule has 1 aliphatic heterocycles. The van der Waals surface area contributed by atoms with Gasteiger partial charge in [0.25, 0.3) is 0 Å². The van der Waals surface area contributed by atoms with Gasteiger partial charge in [0.15, 0.2) is 5.82 Å². The molecule has 0 fully saturated rings. The molecular weight excluding hydrogens is 311 g/mol. The summed E-state index contributed by atoms with van der Waals surface area (Å²) in [6, 6.07) is 5.23. The Balaban J connectivity index is 2.14. The number of nitrogens with zero attached hydrogens (tertiary/aromatic N) is 3. The molecule has 2 aromatic rings. The summed E-state index contributed by atoms with van der Waals surface area (Å²) in [4.78, 5) is 14.1. The molecule has 21 heavy (non-hydrogen) atoms. The number of halogens is 2. The highest BCUT2D eigenvalue weighted by molar-refractivity contribution is 6.36. The van der Waals surface area contributed by atoms with E-state index in [4.69, 9.17) is 28.9 Å². The summed E-state index contributed by atoms with van der Waals surface area (Å²) in [7, 11) is 3.44. The van der Waals surface area contributed by atoms with Crippen molar-refractivity contribution < 1.29 is 4.79 Å². The SMILES string of the molecule is CN1C(=O)C(c2c(Cl)cccc2Cl)Cc2c1nn(C)c2N. The normalized spacial score (nSPS) is 18.0. The minimum atomic E-state index is -0.449. The maximum atomic E-state index is 12.6. The molecule has 1 aromatic carbocycles. The quantitative estimate of drug-likeness (QED) is 0.876. The van der Waals surface area contributed by atoms with Gasteiger partial charge in [-0.25, -0.2) is 0 Å². The highest BCUT2D eigenvalue weighted by Gasteiger charge is 2.37. The molecular formula is C14H14Cl2N4O. The van der Waals surface area contributed by atoms with Crippen LogP contribution in [0.15, 0.2) is 18.2 Å². The number of carbonyl (C=O) groups excluding carboxylic acids is 1. The molecule has 2 heterocycles. The van der Waals surface area contributed by atoms with Crippen LogP contribution < -0.4 is 10.6 Å². The van der Waals surface area contributed by atoms with E-state index >= 15 is 0 Å². The van der Waals surface area contributed by atoms with Crippen LogP contribution in [-0.4, -0.2) is 22.7 Å². The predicted molar refractivity (Wildman–Crippen MR) is 83.9 cm³/mol. The number of nitrogen functional groups attached to an aromatic ring is 1. The summed E-state index contributed by atoms with van der Waals surface area (Å²) in [6.45, 7) is 0. The Kier molecular flexibility index (Phi) is 3.34. The van der Waals surface area contributed by atoms with Crippen molar-refractivity contribution in [1.82, 2.24) is 9.78 Å². The Morgan fingerprint density at radius 2 is 1.90 bits per heavy atom. The average molecular weight is 325 g/mol. The standard InChI is InChI=1S/C14H14Cl2N4O/c1-19-13-8(12(17)20(2)18-13)6-7(14(19)21)11-9(15)4-3-5-10(11)16/h3-5,7H,6,17H2,1-2H3. The Morgan fingerprint density at radius 1 is 1.29 bits per heavy atom. The van der Waals surface area contributed by atoms with Gasteiger partial charge in [0.2, 0.25) is 5.91 Å². The van der Waals surface area contributed by atoms with E-state index in [-0.39, 0.29) is 5.91 Å². The summed E-state index contributed by atoms with van der Waals surface area (Å²) in [5.74, 6) is 0.614. The highest BCUT2D eigenvalue weighted by Crippen LogP contribution is 2.41. The first kappa shape index (κ1) is 14.2. The van der Waals surface area contributed by atoms with Crippen LogP contribution in [0.25, 0.3) is 0 Å². The van der Waals surface area contributed by atoms with Gasteiger partial charge in [0, 0.05) is 35.3 Å². The highest BCUT2D eigenvalue weighted by atomic mass is 35.5. The molecule has 1 atom stereocenters. The number of aromatic nitrogens is 2. The van der Waals surface area contributed by atoms with Crippen LogP contribution in [0, 0.1) is 0 Å². The maximum Gasteiger partial charge on any atom is 0.235 e. The summed E-state index contributed by atoms with van der Waals surface area (Å²) in [5.41, 5.74) is 7.54. The number of amides is 1. The van der Waals surface area contributed by atoms with Crippen molar-refractivity contribution in [2.24, 2.45) is 7.05 Å². The van der Waals surface area contributed by atoms with Gasteiger partial charge < -0.3 is 5.73 Å². The maximum absolute atomic E-state index is 12.6.